The van der Waals surface area contributed by atoms with Crippen LogP contribution in [0.2, 0.25) is 0 Å². The standard InChI is InChI=1S/C28H50FN2O9P.H3N/c1-4-7-8-9-10-11-12-13-14-15-16-17-22(6-3)39-40-41(35,36-18-5-2)37-21-25-24(32)19-26(38-25)31-20-23(29)27(33)30-28(31)34;/h20,22,24-26,32H,4-19,21H2,1-3H3,(H,30,33,34);1H3. The number of halogens is 1. The molecular formula is C28H53FN3O9P. The number of aliphatic hydroxyl groups is 1. The third-order valence-corrected chi connectivity index (χ3v) is 8.38. The summed E-state index contributed by atoms with van der Waals surface area (Å²) in [5, 5.41) is 10.4. The van der Waals surface area contributed by atoms with E-state index in [1.807, 2.05) is 18.8 Å². The van der Waals surface area contributed by atoms with Crippen LogP contribution < -0.4 is 17.4 Å². The second kappa shape index (κ2) is 21.3. The van der Waals surface area contributed by atoms with Gasteiger partial charge in [-0.3, -0.25) is 23.4 Å². The molecule has 1 aromatic heterocycles. The zero-order valence-electron chi connectivity index (χ0n) is 25.6. The van der Waals surface area contributed by atoms with Crippen molar-refractivity contribution >= 4 is 7.82 Å². The molecule has 0 bridgehead atoms. The van der Waals surface area contributed by atoms with E-state index >= 15 is 0 Å². The number of phosphoric acid groups is 1. The molecule has 0 saturated carbocycles. The molecule has 42 heavy (non-hydrogen) atoms. The van der Waals surface area contributed by atoms with Crippen LogP contribution in [-0.4, -0.2) is 46.2 Å². The Labute approximate surface area is 248 Å². The summed E-state index contributed by atoms with van der Waals surface area (Å²) in [6.45, 7) is 5.73. The number of hydrogen-bond donors (Lipinski definition) is 3. The number of aromatic nitrogens is 2. The Bertz CT molecular complexity index is 1030. The molecule has 0 aliphatic carbocycles. The van der Waals surface area contributed by atoms with Crippen molar-refractivity contribution in [2.75, 3.05) is 13.2 Å². The van der Waals surface area contributed by atoms with E-state index in [1.54, 1.807) is 0 Å². The van der Waals surface area contributed by atoms with Gasteiger partial charge in [0.05, 0.1) is 31.6 Å². The lowest BCUT2D eigenvalue weighted by molar-refractivity contribution is -0.264. The van der Waals surface area contributed by atoms with Crippen LogP contribution in [0.15, 0.2) is 15.8 Å². The van der Waals surface area contributed by atoms with Gasteiger partial charge in [0.15, 0.2) is 0 Å². The van der Waals surface area contributed by atoms with Crippen molar-refractivity contribution in [3.63, 3.8) is 0 Å². The first-order valence-corrected chi connectivity index (χ1v) is 16.8. The van der Waals surface area contributed by atoms with Gasteiger partial charge >= 0.3 is 13.5 Å². The van der Waals surface area contributed by atoms with E-state index in [1.165, 1.54) is 57.8 Å². The van der Waals surface area contributed by atoms with E-state index in [4.69, 9.17) is 23.3 Å². The number of aliphatic hydroxyl groups excluding tert-OH is 1. The summed E-state index contributed by atoms with van der Waals surface area (Å²) in [4.78, 5) is 30.7. The number of phosphoric ester groups is 1. The zero-order chi connectivity index (χ0) is 30.1. The molecule has 0 spiro atoms. The molecule has 1 fully saturated rings. The number of aromatic amines is 1. The van der Waals surface area contributed by atoms with Crippen molar-refractivity contribution in [1.82, 2.24) is 15.7 Å². The van der Waals surface area contributed by atoms with Gasteiger partial charge in [-0.1, -0.05) is 91.4 Å². The van der Waals surface area contributed by atoms with E-state index in [0.29, 0.717) is 19.0 Å². The summed E-state index contributed by atoms with van der Waals surface area (Å²) < 4.78 is 49.4. The van der Waals surface area contributed by atoms with Crippen LogP contribution in [0.25, 0.3) is 0 Å². The van der Waals surface area contributed by atoms with E-state index in [0.717, 1.165) is 23.8 Å². The molecule has 12 nitrogen and oxygen atoms in total. The molecule has 1 aliphatic heterocycles. The van der Waals surface area contributed by atoms with Crippen molar-refractivity contribution in [1.29, 1.82) is 0 Å². The average Bonchev–Trinajstić information content (AvgIpc) is 3.33. The Kier molecular flexibility index (Phi) is 19.6. The summed E-state index contributed by atoms with van der Waals surface area (Å²) in [7, 11) is -4.15. The van der Waals surface area contributed by atoms with Gasteiger partial charge in [0.1, 0.15) is 12.3 Å². The van der Waals surface area contributed by atoms with E-state index in [2.05, 4.69) is 6.92 Å². The van der Waals surface area contributed by atoms with Gasteiger partial charge in [-0.15, -0.1) is 4.67 Å². The molecule has 0 aromatic carbocycles. The first kappa shape index (κ1) is 38.6. The molecule has 2 rings (SSSR count). The highest BCUT2D eigenvalue weighted by molar-refractivity contribution is 7.48. The summed E-state index contributed by atoms with van der Waals surface area (Å²) >= 11 is 0. The molecule has 0 radical (unpaired) electrons. The van der Waals surface area contributed by atoms with Crippen LogP contribution in [0.4, 0.5) is 4.39 Å². The number of ether oxygens (including phenoxy) is 1. The minimum Gasteiger partial charge on any atom is -0.390 e. The highest BCUT2D eigenvalue weighted by Gasteiger charge is 2.39. The number of rotatable bonds is 23. The fourth-order valence-electron chi connectivity index (χ4n) is 4.63. The van der Waals surface area contributed by atoms with E-state index in [9.17, 15) is 23.7 Å². The van der Waals surface area contributed by atoms with Crippen LogP contribution in [0.3, 0.4) is 0 Å². The first-order valence-electron chi connectivity index (χ1n) is 15.3. The number of nitrogens with zero attached hydrogens (tertiary/aromatic N) is 1. The lowest BCUT2D eigenvalue weighted by atomic mass is 10.0. The fraction of sp³-hybridized carbons (Fsp3) is 0.857. The Hall–Kier alpha value is -1.44. The van der Waals surface area contributed by atoms with Crippen molar-refractivity contribution in [2.45, 2.75) is 142 Å². The molecular weight excluding hydrogens is 572 g/mol. The first-order chi connectivity index (χ1) is 19.7. The lowest BCUT2D eigenvalue weighted by Gasteiger charge is -2.22. The van der Waals surface area contributed by atoms with Gasteiger partial charge in [0, 0.05) is 6.42 Å². The topological polar surface area (TPSA) is 173 Å². The van der Waals surface area contributed by atoms with Crippen molar-refractivity contribution < 1.29 is 37.4 Å². The minimum absolute atomic E-state index is 0. The maximum atomic E-state index is 13.7. The molecule has 2 heterocycles. The van der Waals surface area contributed by atoms with Gasteiger partial charge in [-0.05, 0) is 19.3 Å². The van der Waals surface area contributed by atoms with Gasteiger partial charge in [0.25, 0.3) is 5.56 Å². The molecule has 5 unspecified atom stereocenters. The molecule has 14 heteroatoms. The summed E-state index contributed by atoms with van der Waals surface area (Å²) in [5.41, 5.74) is -2.03. The van der Waals surface area contributed by atoms with Crippen LogP contribution in [0, 0.1) is 5.82 Å². The highest BCUT2D eigenvalue weighted by atomic mass is 31.2. The summed E-state index contributed by atoms with van der Waals surface area (Å²) in [6.07, 6.45) is 12.8. The zero-order valence-corrected chi connectivity index (χ0v) is 26.5. The molecule has 1 saturated heterocycles. The molecule has 5 N–H and O–H groups in total. The third-order valence-electron chi connectivity index (χ3n) is 7.14. The van der Waals surface area contributed by atoms with Crippen LogP contribution in [0.1, 0.15) is 123 Å². The normalized spacial score (nSPS) is 20.7. The Morgan fingerprint density at radius 3 is 2.24 bits per heavy atom. The van der Waals surface area contributed by atoms with Crippen LogP contribution in [-0.2, 0) is 27.9 Å². The number of H-pyrrole nitrogens is 1. The molecule has 1 aromatic rings. The lowest BCUT2D eigenvalue weighted by Crippen LogP contribution is -2.34. The van der Waals surface area contributed by atoms with E-state index in [-0.39, 0.29) is 25.3 Å². The second-order valence-electron chi connectivity index (χ2n) is 10.7. The predicted octanol–water partition coefficient (Wildman–Crippen LogP) is 6.47. The van der Waals surface area contributed by atoms with Gasteiger partial charge in [-0.25, -0.2) is 14.2 Å². The number of hydrogen-bond acceptors (Lipinski definition) is 10. The van der Waals surface area contributed by atoms with Crippen LogP contribution >= 0.6 is 7.82 Å². The summed E-state index contributed by atoms with van der Waals surface area (Å²) in [6, 6.07) is 0. The Balaban J connectivity index is 0.00000882. The van der Waals surface area contributed by atoms with Gasteiger partial charge in [0.2, 0.25) is 5.82 Å². The largest absolute Gasteiger partial charge is 0.502 e. The van der Waals surface area contributed by atoms with Crippen molar-refractivity contribution in [3.05, 3.63) is 32.9 Å². The van der Waals surface area contributed by atoms with Crippen molar-refractivity contribution in [3.8, 4) is 0 Å². The second-order valence-corrected chi connectivity index (χ2v) is 12.2. The summed E-state index contributed by atoms with van der Waals surface area (Å²) in [5.74, 6) is -1.16. The maximum Gasteiger partial charge on any atom is 0.502 e. The average molecular weight is 626 g/mol. The monoisotopic (exact) mass is 625 g/mol. The minimum atomic E-state index is -4.15. The smallest absolute Gasteiger partial charge is 0.390 e. The SMILES string of the molecule is CCCCCCCCCCCCCC(CC)OOP(=O)(OCCC)OCC1OC(n2cc(F)c(=O)[nH]c2=O)CC1O.N. The van der Waals surface area contributed by atoms with Gasteiger partial charge < -0.3 is 16.0 Å². The van der Waals surface area contributed by atoms with E-state index < -0.39 is 49.9 Å². The molecule has 5 atom stereocenters. The predicted molar refractivity (Wildman–Crippen MR) is 158 cm³/mol. The molecule has 1 aliphatic rings. The Morgan fingerprint density at radius 1 is 1.02 bits per heavy atom. The van der Waals surface area contributed by atoms with Crippen LogP contribution in [0.5, 0.6) is 0 Å². The number of unbranched alkanes of at least 4 members (excludes halogenated alkanes) is 10. The maximum absolute atomic E-state index is 13.7. The highest BCUT2D eigenvalue weighted by Crippen LogP contribution is 2.51. The molecule has 0 amide bonds. The quantitative estimate of drug-likeness (QED) is 0.0530. The third kappa shape index (κ3) is 13.9. The van der Waals surface area contributed by atoms with Gasteiger partial charge in [-0.2, -0.15) is 4.39 Å². The Morgan fingerprint density at radius 2 is 1.64 bits per heavy atom. The molecule has 246 valence electrons. The fourth-order valence-corrected chi connectivity index (χ4v) is 5.75. The van der Waals surface area contributed by atoms with Crippen molar-refractivity contribution in [2.24, 2.45) is 0 Å². The number of nitrogens with one attached hydrogen (secondary N) is 1.